The summed E-state index contributed by atoms with van der Waals surface area (Å²) < 4.78 is 5.04. The maximum atomic E-state index is 5.65. The second-order valence-electron chi connectivity index (χ2n) is 3.09. The van der Waals surface area contributed by atoms with Crippen molar-refractivity contribution in [1.82, 2.24) is 10.1 Å². The number of hydrogen-bond acceptors (Lipinski definition) is 4. The Bertz CT molecular complexity index is 462. The first-order valence-electron chi connectivity index (χ1n) is 4.26. The van der Waals surface area contributed by atoms with E-state index >= 15 is 0 Å². The molecule has 2 N–H and O–H groups in total. The second kappa shape index (κ2) is 3.14. The van der Waals surface area contributed by atoms with Crippen molar-refractivity contribution < 1.29 is 4.52 Å². The van der Waals surface area contributed by atoms with Crippen molar-refractivity contribution in [2.75, 3.05) is 5.73 Å². The molecule has 4 heteroatoms. The molecular formula is C10H10N3O. The zero-order chi connectivity index (χ0) is 10.1. The molecular weight excluding hydrogens is 178 g/mol. The van der Waals surface area contributed by atoms with Crippen molar-refractivity contribution in [3.05, 3.63) is 29.6 Å². The Kier molecular flexibility index (Phi) is 1.96. The van der Waals surface area contributed by atoms with Crippen LogP contribution >= 0.6 is 0 Å². The monoisotopic (exact) mass is 188 g/mol. The summed E-state index contributed by atoms with van der Waals surface area (Å²) >= 11 is 0. The summed E-state index contributed by atoms with van der Waals surface area (Å²) in [4.78, 5) is 4.27. The van der Waals surface area contributed by atoms with Gasteiger partial charge in [0.15, 0.2) is 5.76 Å². The molecule has 0 unspecified atom stereocenters. The zero-order valence-electron chi connectivity index (χ0n) is 8.03. The summed E-state index contributed by atoms with van der Waals surface area (Å²) in [6, 6.07) is 6.54. The van der Waals surface area contributed by atoms with Crippen molar-refractivity contribution in [2.24, 2.45) is 0 Å². The smallest absolute Gasteiger partial charge is 0.193 e. The fourth-order valence-corrected chi connectivity index (χ4v) is 1.13. The van der Waals surface area contributed by atoms with Gasteiger partial charge in [-0.15, -0.1) is 0 Å². The third-order valence-corrected chi connectivity index (χ3v) is 1.93. The Morgan fingerprint density at radius 3 is 2.71 bits per heavy atom. The summed E-state index contributed by atoms with van der Waals surface area (Å²) in [5, 5.41) is 3.74. The number of rotatable bonds is 1. The minimum Gasteiger partial charge on any atom is -0.397 e. The maximum Gasteiger partial charge on any atom is 0.193 e. The number of anilines is 1. The van der Waals surface area contributed by atoms with E-state index in [1.54, 1.807) is 12.1 Å². The lowest BCUT2D eigenvalue weighted by atomic mass is 10.2. The van der Waals surface area contributed by atoms with Crippen molar-refractivity contribution in [1.29, 1.82) is 0 Å². The van der Waals surface area contributed by atoms with Gasteiger partial charge in [0.25, 0.3) is 0 Å². The average Bonchev–Trinajstić information content (AvgIpc) is 2.57. The molecule has 2 aromatic rings. The number of nitrogen functional groups attached to an aromatic ring is 1. The SMILES string of the molecule is Cc1[c]c(-c2ccc(N)c(C)n2)on1. The Balaban J connectivity index is 2.47. The summed E-state index contributed by atoms with van der Waals surface area (Å²) in [5.74, 6) is 0.547. The average molecular weight is 188 g/mol. The lowest BCUT2D eigenvalue weighted by Gasteiger charge is -1.99. The highest BCUT2D eigenvalue weighted by molar-refractivity contribution is 5.56. The third-order valence-electron chi connectivity index (χ3n) is 1.93. The largest absolute Gasteiger partial charge is 0.397 e. The number of aromatic nitrogens is 2. The van der Waals surface area contributed by atoms with Gasteiger partial charge >= 0.3 is 0 Å². The van der Waals surface area contributed by atoms with E-state index in [-0.39, 0.29) is 0 Å². The number of nitrogens with two attached hydrogens (primary N) is 1. The molecule has 0 aromatic carbocycles. The van der Waals surface area contributed by atoms with Crippen LogP contribution in [0.3, 0.4) is 0 Å². The van der Waals surface area contributed by atoms with E-state index in [2.05, 4.69) is 16.2 Å². The summed E-state index contributed by atoms with van der Waals surface area (Å²) in [5.41, 5.74) is 8.53. The fourth-order valence-electron chi connectivity index (χ4n) is 1.13. The Labute approximate surface area is 81.7 Å². The third kappa shape index (κ3) is 1.46. The van der Waals surface area contributed by atoms with Crippen LogP contribution in [0.2, 0.25) is 0 Å². The van der Waals surface area contributed by atoms with Crippen molar-refractivity contribution in [2.45, 2.75) is 13.8 Å². The first kappa shape index (κ1) is 8.74. The predicted octanol–water partition coefficient (Wildman–Crippen LogP) is 1.74. The Morgan fingerprint density at radius 2 is 2.14 bits per heavy atom. The van der Waals surface area contributed by atoms with Crippen LogP contribution in [-0.4, -0.2) is 10.1 Å². The van der Waals surface area contributed by atoms with E-state index in [0.717, 1.165) is 11.4 Å². The van der Waals surface area contributed by atoms with Crippen LogP contribution in [0.1, 0.15) is 11.4 Å². The highest BCUT2D eigenvalue weighted by Crippen LogP contribution is 2.19. The van der Waals surface area contributed by atoms with E-state index in [9.17, 15) is 0 Å². The molecule has 0 spiro atoms. The van der Waals surface area contributed by atoms with Crippen LogP contribution in [0.4, 0.5) is 5.69 Å². The molecule has 2 rings (SSSR count). The molecule has 2 heterocycles. The standard InChI is InChI=1S/C10H10N3O/c1-6-5-10(14-13-6)9-4-3-8(11)7(2)12-9/h3-4H,11H2,1-2H3. The molecule has 0 aliphatic rings. The molecule has 14 heavy (non-hydrogen) atoms. The van der Waals surface area contributed by atoms with Crippen LogP contribution in [0.5, 0.6) is 0 Å². The van der Waals surface area contributed by atoms with E-state index < -0.39 is 0 Å². The lowest BCUT2D eigenvalue weighted by molar-refractivity contribution is 0.426. The van der Waals surface area contributed by atoms with Crippen LogP contribution in [0.25, 0.3) is 11.5 Å². The maximum absolute atomic E-state index is 5.65. The molecule has 2 aromatic heterocycles. The van der Waals surface area contributed by atoms with Crippen molar-refractivity contribution in [3.63, 3.8) is 0 Å². The summed E-state index contributed by atoms with van der Waals surface area (Å²) in [7, 11) is 0. The number of pyridine rings is 1. The molecule has 0 atom stereocenters. The van der Waals surface area contributed by atoms with Crippen LogP contribution in [0.15, 0.2) is 16.7 Å². The Hall–Kier alpha value is -1.84. The van der Waals surface area contributed by atoms with Gasteiger partial charge in [0.05, 0.1) is 23.1 Å². The molecule has 0 bridgehead atoms. The topological polar surface area (TPSA) is 64.9 Å². The molecule has 4 nitrogen and oxygen atoms in total. The fraction of sp³-hybridized carbons (Fsp3) is 0.200. The first-order chi connectivity index (χ1) is 6.66. The number of aryl methyl sites for hydroxylation is 2. The molecule has 71 valence electrons. The van der Waals surface area contributed by atoms with E-state index in [1.165, 1.54) is 0 Å². The second-order valence-corrected chi connectivity index (χ2v) is 3.09. The highest BCUT2D eigenvalue weighted by Gasteiger charge is 2.07. The van der Waals surface area contributed by atoms with Gasteiger partial charge in [-0.3, -0.25) is 0 Å². The van der Waals surface area contributed by atoms with Crippen molar-refractivity contribution in [3.8, 4) is 11.5 Å². The van der Waals surface area contributed by atoms with Gasteiger partial charge in [0.1, 0.15) is 5.69 Å². The van der Waals surface area contributed by atoms with Crippen molar-refractivity contribution >= 4 is 5.69 Å². The number of nitrogens with zero attached hydrogens (tertiary/aromatic N) is 2. The van der Waals surface area contributed by atoms with Gasteiger partial charge < -0.3 is 10.3 Å². The van der Waals surface area contributed by atoms with E-state index in [1.807, 2.05) is 13.8 Å². The molecule has 0 aliphatic heterocycles. The van der Waals surface area contributed by atoms with Gasteiger partial charge in [-0.2, -0.15) is 0 Å². The predicted molar refractivity (Wildman–Crippen MR) is 52.5 cm³/mol. The van der Waals surface area contributed by atoms with Gasteiger partial charge in [0, 0.05) is 0 Å². The highest BCUT2D eigenvalue weighted by atomic mass is 16.5. The zero-order valence-corrected chi connectivity index (χ0v) is 8.03. The van der Waals surface area contributed by atoms with Gasteiger partial charge in [0.2, 0.25) is 0 Å². The number of hydrogen-bond donors (Lipinski definition) is 1. The van der Waals surface area contributed by atoms with Crippen LogP contribution in [-0.2, 0) is 0 Å². The lowest BCUT2D eigenvalue weighted by Crippen LogP contribution is -1.93. The molecule has 0 saturated carbocycles. The molecule has 0 fully saturated rings. The minimum atomic E-state index is 0.547. The van der Waals surface area contributed by atoms with E-state index in [0.29, 0.717) is 17.1 Å². The molecule has 0 amide bonds. The van der Waals surface area contributed by atoms with Gasteiger partial charge in [-0.25, -0.2) is 4.98 Å². The van der Waals surface area contributed by atoms with Gasteiger partial charge in [-0.1, -0.05) is 5.16 Å². The van der Waals surface area contributed by atoms with Crippen LogP contribution in [0, 0.1) is 19.9 Å². The van der Waals surface area contributed by atoms with E-state index in [4.69, 9.17) is 10.3 Å². The molecule has 0 saturated heterocycles. The van der Waals surface area contributed by atoms with Crippen LogP contribution < -0.4 is 5.73 Å². The van der Waals surface area contributed by atoms with Gasteiger partial charge in [-0.05, 0) is 26.0 Å². The summed E-state index contributed by atoms with van der Waals surface area (Å²) in [6.07, 6.45) is 0. The first-order valence-corrected chi connectivity index (χ1v) is 4.26. The summed E-state index contributed by atoms with van der Waals surface area (Å²) in [6.45, 7) is 3.67. The Morgan fingerprint density at radius 1 is 1.36 bits per heavy atom. The molecule has 0 aliphatic carbocycles. The molecule has 1 radical (unpaired) electrons. The minimum absolute atomic E-state index is 0.547. The quantitative estimate of drug-likeness (QED) is 0.740. The normalized spacial score (nSPS) is 10.4.